The number of hydrogen-bond acceptors (Lipinski definition) is 4. The second-order valence-corrected chi connectivity index (χ2v) is 6.83. The van der Waals surface area contributed by atoms with E-state index in [2.05, 4.69) is 15.8 Å². The van der Waals surface area contributed by atoms with Crippen molar-refractivity contribution in [3.63, 3.8) is 0 Å². The number of benzene rings is 3. The van der Waals surface area contributed by atoms with Gasteiger partial charge in [-0.25, -0.2) is 5.43 Å². The van der Waals surface area contributed by atoms with Crippen LogP contribution in [0.4, 0.5) is 5.69 Å². The maximum atomic E-state index is 12.4. The van der Waals surface area contributed by atoms with E-state index in [0.717, 1.165) is 22.1 Å². The summed E-state index contributed by atoms with van der Waals surface area (Å²) in [6.45, 7) is 5.39. The average molecular weight is 389 g/mol. The molecule has 0 radical (unpaired) electrons. The van der Waals surface area contributed by atoms with Gasteiger partial charge in [-0.05, 0) is 49.6 Å². The van der Waals surface area contributed by atoms with Gasteiger partial charge in [-0.3, -0.25) is 9.59 Å². The summed E-state index contributed by atoms with van der Waals surface area (Å²) in [4.78, 5) is 23.5. The molecule has 0 saturated carbocycles. The normalized spacial score (nSPS) is 11.0. The molecular weight excluding hydrogens is 366 g/mol. The van der Waals surface area contributed by atoms with Crippen molar-refractivity contribution in [1.82, 2.24) is 5.43 Å². The molecule has 0 atom stereocenters. The van der Waals surface area contributed by atoms with E-state index in [4.69, 9.17) is 4.74 Å². The minimum atomic E-state index is -0.363. The topological polar surface area (TPSA) is 79.8 Å². The van der Waals surface area contributed by atoms with E-state index in [0.29, 0.717) is 11.3 Å². The van der Waals surface area contributed by atoms with Crippen LogP contribution in [0.1, 0.15) is 36.7 Å². The van der Waals surface area contributed by atoms with E-state index in [1.54, 1.807) is 30.5 Å². The monoisotopic (exact) mass is 389 g/mol. The van der Waals surface area contributed by atoms with Crippen molar-refractivity contribution in [2.24, 2.45) is 5.10 Å². The Labute approximate surface area is 169 Å². The fourth-order valence-corrected chi connectivity index (χ4v) is 2.93. The Balaban J connectivity index is 1.78. The first-order valence-corrected chi connectivity index (χ1v) is 9.33. The van der Waals surface area contributed by atoms with Gasteiger partial charge in [0, 0.05) is 29.1 Å². The SMILES string of the molecule is CC(=O)Nc1cccc(C(=O)NN=Cc2ccc(OC(C)C)c3ccccc23)c1. The molecule has 3 aromatic rings. The molecule has 0 fully saturated rings. The summed E-state index contributed by atoms with van der Waals surface area (Å²) in [7, 11) is 0. The van der Waals surface area contributed by atoms with Crippen LogP contribution in [0.3, 0.4) is 0 Å². The fraction of sp³-hybridized carbons (Fsp3) is 0.174. The van der Waals surface area contributed by atoms with Gasteiger partial charge >= 0.3 is 0 Å². The average Bonchev–Trinajstić information content (AvgIpc) is 2.69. The molecular formula is C23H23N3O3. The molecule has 2 N–H and O–H groups in total. The molecule has 3 rings (SSSR count). The predicted molar refractivity (Wildman–Crippen MR) is 116 cm³/mol. The van der Waals surface area contributed by atoms with Crippen molar-refractivity contribution in [1.29, 1.82) is 0 Å². The molecule has 0 aromatic heterocycles. The van der Waals surface area contributed by atoms with Crippen LogP contribution in [0, 0.1) is 0 Å². The standard InChI is InChI=1S/C23H23N3O3/c1-15(2)29-22-12-11-18(20-9-4-5-10-21(20)22)14-24-26-23(28)17-7-6-8-19(13-17)25-16(3)27/h4-15H,1-3H3,(H,25,27)(H,26,28). The van der Waals surface area contributed by atoms with Crippen LogP contribution in [-0.2, 0) is 4.79 Å². The Morgan fingerprint density at radius 3 is 2.48 bits per heavy atom. The van der Waals surface area contributed by atoms with Crippen molar-refractivity contribution < 1.29 is 14.3 Å². The number of hydrazone groups is 1. The molecule has 6 nitrogen and oxygen atoms in total. The van der Waals surface area contributed by atoms with Crippen molar-refractivity contribution in [3.8, 4) is 5.75 Å². The first kappa shape index (κ1) is 20.1. The summed E-state index contributed by atoms with van der Waals surface area (Å²) in [5, 5.41) is 8.72. The van der Waals surface area contributed by atoms with E-state index >= 15 is 0 Å². The molecule has 3 aromatic carbocycles. The Kier molecular flexibility index (Phi) is 6.24. The summed E-state index contributed by atoms with van der Waals surface area (Å²) in [5.41, 5.74) is 4.35. The summed E-state index contributed by atoms with van der Waals surface area (Å²) >= 11 is 0. The number of nitrogens with one attached hydrogen (secondary N) is 2. The lowest BCUT2D eigenvalue weighted by molar-refractivity contribution is -0.114. The van der Waals surface area contributed by atoms with E-state index in [1.807, 2.05) is 50.2 Å². The molecule has 0 heterocycles. The van der Waals surface area contributed by atoms with E-state index in [9.17, 15) is 9.59 Å². The maximum absolute atomic E-state index is 12.4. The van der Waals surface area contributed by atoms with Gasteiger partial charge < -0.3 is 10.1 Å². The van der Waals surface area contributed by atoms with Gasteiger partial charge in [0.05, 0.1) is 12.3 Å². The molecule has 6 heteroatoms. The second kappa shape index (κ2) is 9.01. The van der Waals surface area contributed by atoms with Gasteiger partial charge in [0.15, 0.2) is 0 Å². The lowest BCUT2D eigenvalue weighted by atomic mass is 10.0. The van der Waals surface area contributed by atoms with E-state index in [-0.39, 0.29) is 17.9 Å². The Morgan fingerprint density at radius 2 is 1.76 bits per heavy atom. The van der Waals surface area contributed by atoms with Crippen LogP contribution in [0.25, 0.3) is 10.8 Å². The number of carbonyl (C=O) groups is 2. The van der Waals surface area contributed by atoms with Crippen molar-refractivity contribution in [2.45, 2.75) is 26.9 Å². The lowest BCUT2D eigenvalue weighted by Crippen LogP contribution is -2.18. The molecule has 0 spiro atoms. The van der Waals surface area contributed by atoms with Crippen LogP contribution in [0.15, 0.2) is 65.8 Å². The van der Waals surface area contributed by atoms with Crippen molar-refractivity contribution >= 4 is 34.5 Å². The zero-order chi connectivity index (χ0) is 20.8. The molecule has 0 bridgehead atoms. The highest BCUT2D eigenvalue weighted by Gasteiger charge is 2.08. The maximum Gasteiger partial charge on any atom is 0.271 e. The Bertz CT molecular complexity index is 1070. The first-order chi connectivity index (χ1) is 13.9. The highest BCUT2D eigenvalue weighted by atomic mass is 16.5. The first-order valence-electron chi connectivity index (χ1n) is 9.33. The van der Waals surface area contributed by atoms with Gasteiger partial charge in [-0.2, -0.15) is 5.10 Å². The second-order valence-electron chi connectivity index (χ2n) is 6.83. The fourth-order valence-electron chi connectivity index (χ4n) is 2.93. The van der Waals surface area contributed by atoms with Crippen molar-refractivity contribution in [3.05, 3.63) is 71.8 Å². The molecule has 29 heavy (non-hydrogen) atoms. The molecule has 148 valence electrons. The predicted octanol–water partition coefficient (Wildman–Crippen LogP) is 4.35. The minimum absolute atomic E-state index is 0.0745. The van der Waals surface area contributed by atoms with Gasteiger partial charge in [0.2, 0.25) is 5.91 Å². The highest BCUT2D eigenvalue weighted by Crippen LogP contribution is 2.28. The Hall–Kier alpha value is -3.67. The highest BCUT2D eigenvalue weighted by molar-refractivity contribution is 6.03. The van der Waals surface area contributed by atoms with Crippen LogP contribution in [0.5, 0.6) is 5.75 Å². The smallest absolute Gasteiger partial charge is 0.271 e. The molecule has 0 saturated heterocycles. The summed E-state index contributed by atoms with van der Waals surface area (Å²) in [6.07, 6.45) is 1.68. The van der Waals surface area contributed by atoms with Gasteiger partial charge in [-0.1, -0.05) is 30.3 Å². The quantitative estimate of drug-likeness (QED) is 0.486. The van der Waals surface area contributed by atoms with Crippen LogP contribution >= 0.6 is 0 Å². The number of hydrogen-bond donors (Lipinski definition) is 2. The van der Waals surface area contributed by atoms with Crippen LogP contribution in [-0.4, -0.2) is 24.1 Å². The van der Waals surface area contributed by atoms with Crippen LogP contribution < -0.4 is 15.5 Å². The number of amides is 2. The zero-order valence-electron chi connectivity index (χ0n) is 16.6. The number of nitrogens with zero attached hydrogens (tertiary/aromatic N) is 1. The summed E-state index contributed by atoms with van der Waals surface area (Å²) in [5.74, 6) is 0.251. The van der Waals surface area contributed by atoms with Crippen LogP contribution in [0.2, 0.25) is 0 Å². The van der Waals surface area contributed by atoms with Crippen molar-refractivity contribution in [2.75, 3.05) is 5.32 Å². The third-order valence-corrected chi connectivity index (χ3v) is 4.10. The van der Waals surface area contributed by atoms with Gasteiger partial charge in [-0.15, -0.1) is 0 Å². The number of ether oxygens (including phenoxy) is 1. The third kappa shape index (κ3) is 5.19. The zero-order valence-corrected chi connectivity index (χ0v) is 16.6. The van der Waals surface area contributed by atoms with Gasteiger partial charge in [0.25, 0.3) is 5.91 Å². The molecule has 2 amide bonds. The summed E-state index contributed by atoms with van der Waals surface area (Å²) in [6, 6.07) is 18.4. The number of fused-ring (bicyclic) bond motifs is 1. The van der Waals surface area contributed by atoms with Gasteiger partial charge in [0.1, 0.15) is 5.75 Å². The molecule has 0 aliphatic carbocycles. The van der Waals surface area contributed by atoms with E-state index in [1.165, 1.54) is 6.92 Å². The lowest BCUT2D eigenvalue weighted by Gasteiger charge is -2.13. The largest absolute Gasteiger partial charge is 0.490 e. The minimum Gasteiger partial charge on any atom is -0.490 e. The molecule has 0 aliphatic rings. The number of rotatable bonds is 6. The van der Waals surface area contributed by atoms with E-state index < -0.39 is 0 Å². The number of carbonyl (C=O) groups excluding carboxylic acids is 2. The summed E-state index contributed by atoms with van der Waals surface area (Å²) < 4.78 is 5.88. The molecule has 0 aliphatic heterocycles. The molecule has 0 unspecified atom stereocenters. The third-order valence-electron chi connectivity index (χ3n) is 4.10. The number of anilines is 1. The Morgan fingerprint density at radius 1 is 1.00 bits per heavy atom.